The van der Waals surface area contributed by atoms with Crippen LogP contribution >= 0.6 is 15.9 Å². The van der Waals surface area contributed by atoms with Gasteiger partial charge in [-0.3, -0.25) is 10.0 Å². The summed E-state index contributed by atoms with van der Waals surface area (Å²) in [5, 5.41) is 11.4. The highest BCUT2D eigenvalue weighted by molar-refractivity contribution is 9.10. The summed E-state index contributed by atoms with van der Waals surface area (Å²) in [4.78, 5) is 12.7. The van der Waals surface area contributed by atoms with Crippen molar-refractivity contribution in [2.24, 2.45) is 5.92 Å². The summed E-state index contributed by atoms with van der Waals surface area (Å²) in [6, 6.07) is 16.3. The Hall–Kier alpha value is -1.77. The maximum absolute atomic E-state index is 12.7. The number of rotatable bonds is 13. The molecule has 2 aromatic rings. The molecule has 2 rings (SSSR count). The third-order valence-electron chi connectivity index (χ3n) is 4.51. The zero-order valence-electron chi connectivity index (χ0n) is 17.5. The van der Waals surface area contributed by atoms with Gasteiger partial charge in [0.25, 0.3) is 5.91 Å². The van der Waals surface area contributed by atoms with E-state index in [9.17, 15) is 10.0 Å². The van der Waals surface area contributed by atoms with Gasteiger partial charge in [-0.25, -0.2) is 5.06 Å². The van der Waals surface area contributed by atoms with E-state index in [1.807, 2.05) is 44.2 Å². The van der Waals surface area contributed by atoms with E-state index in [2.05, 4.69) is 15.9 Å². The van der Waals surface area contributed by atoms with E-state index in [0.29, 0.717) is 31.8 Å². The van der Waals surface area contributed by atoms with E-state index < -0.39 is 11.9 Å². The van der Waals surface area contributed by atoms with Crippen LogP contribution in [0.5, 0.6) is 0 Å². The third kappa shape index (κ3) is 8.53. The lowest BCUT2D eigenvalue weighted by Crippen LogP contribution is -2.42. The molecule has 0 radical (unpaired) electrons. The number of amides is 1. The molecule has 7 heteroatoms. The molecule has 164 valence electrons. The summed E-state index contributed by atoms with van der Waals surface area (Å²) < 4.78 is 17.4. The summed E-state index contributed by atoms with van der Waals surface area (Å²) in [6.07, 6.45) is 0.527. The fourth-order valence-corrected chi connectivity index (χ4v) is 3.20. The van der Waals surface area contributed by atoms with Crippen LogP contribution in [0.4, 0.5) is 0 Å². The van der Waals surface area contributed by atoms with Crippen LogP contribution in [0.3, 0.4) is 0 Å². The molecule has 0 saturated heterocycles. The number of halogens is 1. The van der Waals surface area contributed by atoms with Crippen molar-refractivity contribution in [3.8, 4) is 0 Å². The van der Waals surface area contributed by atoms with E-state index in [1.165, 1.54) is 0 Å². The van der Waals surface area contributed by atoms with Crippen molar-refractivity contribution in [2.75, 3.05) is 26.6 Å². The van der Waals surface area contributed by atoms with Crippen molar-refractivity contribution in [3.63, 3.8) is 0 Å². The van der Waals surface area contributed by atoms with Crippen LogP contribution < -0.4 is 0 Å². The minimum atomic E-state index is -0.517. The molecule has 0 aromatic heterocycles. The second-order valence-corrected chi connectivity index (χ2v) is 8.05. The number of benzene rings is 2. The van der Waals surface area contributed by atoms with Crippen molar-refractivity contribution in [1.29, 1.82) is 0 Å². The number of hydroxylamine groups is 2. The minimum Gasteiger partial charge on any atom is -0.376 e. The molecule has 1 amide bonds. The van der Waals surface area contributed by atoms with Crippen LogP contribution in [0, 0.1) is 5.92 Å². The average Bonchev–Trinajstić information content (AvgIpc) is 2.76. The molecular weight excluding hydrogens is 450 g/mol. The molecule has 0 unspecified atom stereocenters. The van der Waals surface area contributed by atoms with Gasteiger partial charge >= 0.3 is 0 Å². The maximum atomic E-state index is 12.7. The molecule has 0 fully saturated rings. The van der Waals surface area contributed by atoms with Gasteiger partial charge in [0.1, 0.15) is 6.79 Å². The Kier molecular flexibility index (Phi) is 11.0. The highest BCUT2D eigenvalue weighted by Gasteiger charge is 2.26. The van der Waals surface area contributed by atoms with Gasteiger partial charge in [0, 0.05) is 23.2 Å². The lowest BCUT2D eigenvalue weighted by atomic mass is 10.0. The van der Waals surface area contributed by atoms with Gasteiger partial charge in [0.15, 0.2) is 0 Å². The zero-order chi connectivity index (χ0) is 21.8. The summed E-state index contributed by atoms with van der Waals surface area (Å²) in [5.74, 6) is -0.355. The van der Waals surface area contributed by atoms with Crippen molar-refractivity contribution in [2.45, 2.75) is 32.9 Å². The summed E-state index contributed by atoms with van der Waals surface area (Å²) in [6.45, 7) is 5.76. The standard InChI is InChI=1S/C23H30BrNO5/c1-3-28-17-30-16-22(25(27)23(26)20-9-11-21(24)12-10-20)13-18(2)14-29-15-19-7-5-4-6-8-19/h4-12,18,22,27H,3,13-17H2,1-2H3/t18-,22+/m1/s1. The molecule has 0 saturated carbocycles. The number of carbonyl (C=O) groups excluding carboxylic acids is 1. The highest BCUT2D eigenvalue weighted by atomic mass is 79.9. The van der Waals surface area contributed by atoms with Crippen LogP contribution in [0.15, 0.2) is 59.1 Å². The molecule has 0 spiro atoms. The van der Waals surface area contributed by atoms with E-state index in [-0.39, 0.29) is 19.3 Å². The van der Waals surface area contributed by atoms with Crippen molar-refractivity contribution >= 4 is 21.8 Å². The van der Waals surface area contributed by atoms with E-state index >= 15 is 0 Å². The predicted octanol–water partition coefficient (Wildman–Crippen LogP) is 4.90. The van der Waals surface area contributed by atoms with Crippen LogP contribution in [0.2, 0.25) is 0 Å². The predicted molar refractivity (Wildman–Crippen MR) is 118 cm³/mol. The lowest BCUT2D eigenvalue weighted by molar-refractivity contribution is -0.132. The Morgan fingerprint density at radius 1 is 1.03 bits per heavy atom. The zero-order valence-corrected chi connectivity index (χ0v) is 19.1. The van der Waals surface area contributed by atoms with Gasteiger partial charge in [-0.2, -0.15) is 0 Å². The first-order valence-corrected chi connectivity index (χ1v) is 10.9. The first-order valence-electron chi connectivity index (χ1n) is 10.1. The molecule has 1 N–H and O–H groups in total. The molecule has 0 aliphatic heterocycles. The van der Waals surface area contributed by atoms with E-state index in [0.717, 1.165) is 15.1 Å². The molecule has 30 heavy (non-hydrogen) atoms. The first kappa shape index (κ1) is 24.5. The summed E-state index contributed by atoms with van der Waals surface area (Å²) in [7, 11) is 0. The van der Waals surface area contributed by atoms with Crippen LogP contribution in [-0.2, 0) is 20.8 Å². The van der Waals surface area contributed by atoms with Gasteiger partial charge in [0.2, 0.25) is 0 Å². The van der Waals surface area contributed by atoms with Crippen LogP contribution in [-0.4, -0.2) is 48.8 Å². The Morgan fingerprint density at radius 2 is 1.73 bits per heavy atom. The van der Waals surface area contributed by atoms with Gasteiger partial charge in [-0.1, -0.05) is 53.2 Å². The van der Waals surface area contributed by atoms with Crippen LogP contribution in [0.1, 0.15) is 36.2 Å². The van der Waals surface area contributed by atoms with Crippen molar-refractivity contribution in [3.05, 3.63) is 70.2 Å². The highest BCUT2D eigenvalue weighted by Crippen LogP contribution is 2.17. The molecular formula is C23H30BrNO5. The number of hydrogen-bond donors (Lipinski definition) is 1. The fraction of sp³-hybridized carbons (Fsp3) is 0.435. The minimum absolute atomic E-state index is 0.113. The third-order valence-corrected chi connectivity index (χ3v) is 5.04. The first-order chi connectivity index (χ1) is 14.5. The quantitative estimate of drug-likeness (QED) is 0.191. The number of nitrogens with zero attached hydrogens (tertiary/aromatic N) is 1. The topological polar surface area (TPSA) is 68.2 Å². The molecule has 2 atom stereocenters. The maximum Gasteiger partial charge on any atom is 0.277 e. The monoisotopic (exact) mass is 479 g/mol. The number of ether oxygens (including phenoxy) is 3. The Morgan fingerprint density at radius 3 is 2.40 bits per heavy atom. The van der Waals surface area contributed by atoms with Gasteiger partial charge in [0.05, 0.1) is 19.3 Å². The Balaban J connectivity index is 1.92. The molecule has 0 heterocycles. The van der Waals surface area contributed by atoms with Crippen molar-refractivity contribution < 1.29 is 24.2 Å². The molecule has 0 bridgehead atoms. The Labute approximate surface area is 186 Å². The van der Waals surface area contributed by atoms with Gasteiger partial charge < -0.3 is 14.2 Å². The summed E-state index contributed by atoms with van der Waals surface area (Å²) in [5.41, 5.74) is 1.51. The largest absolute Gasteiger partial charge is 0.376 e. The van der Waals surface area contributed by atoms with Gasteiger partial charge in [-0.05, 0) is 49.1 Å². The normalized spacial score (nSPS) is 13.1. The smallest absolute Gasteiger partial charge is 0.277 e. The second-order valence-electron chi connectivity index (χ2n) is 7.13. The second kappa shape index (κ2) is 13.5. The van der Waals surface area contributed by atoms with Crippen molar-refractivity contribution in [1.82, 2.24) is 5.06 Å². The molecule has 0 aliphatic carbocycles. The van der Waals surface area contributed by atoms with E-state index in [1.54, 1.807) is 24.3 Å². The number of hydrogen-bond acceptors (Lipinski definition) is 5. The van der Waals surface area contributed by atoms with Crippen LogP contribution in [0.25, 0.3) is 0 Å². The van der Waals surface area contributed by atoms with Gasteiger partial charge in [-0.15, -0.1) is 0 Å². The lowest BCUT2D eigenvalue weighted by Gasteiger charge is -2.28. The van der Waals surface area contributed by atoms with E-state index in [4.69, 9.17) is 14.2 Å². The SMILES string of the molecule is CCOCOC[C@H](C[C@@H](C)COCc1ccccc1)N(O)C(=O)c1ccc(Br)cc1. The molecule has 0 aliphatic rings. The Bertz CT molecular complexity index is 741. The summed E-state index contributed by atoms with van der Waals surface area (Å²) >= 11 is 3.35. The average molecular weight is 480 g/mol. The molecule has 6 nitrogen and oxygen atoms in total. The number of carbonyl (C=O) groups is 1. The fourth-order valence-electron chi connectivity index (χ4n) is 2.94. The molecule has 2 aromatic carbocycles.